The van der Waals surface area contributed by atoms with Gasteiger partial charge in [-0.25, -0.2) is 0 Å². The van der Waals surface area contributed by atoms with Gasteiger partial charge >= 0.3 is 0 Å². The first kappa shape index (κ1) is 31.2. The molecular formula is C52H35N3. The van der Waals surface area contributed by atoms with Gasteiger partial charge in [-0.2, -0.15) is 0 Å². The lowest BCUT2D eigenvalue weighted by atomic mass is 9.84. The molecule has 2 heterocycles. The molecule has 0 amide bonds. The van der Waals surface area contributed by atoms with E-state index in [-0.39, 0.29) is 0 Å². The van der Waals surface area contributed by atoms with Crippen molar-refractivity contribution in [2.75, 3.05) is 4.90 Å². The molecule has 0 bridgehead atoms. The molecule has 1 aliphatic carbocycles. The fourth-order valence-corrected chi connectivity index (χ4v) is 8.82. The lowest BCUT2D eigenvalue weighted by molar-refractivity contribution is 1.13. The molecule has 2 aromatic heterocycles. The highest BCUT2D eigenvalue weighted by Gasteiger charge is 2.32. The third kappa shape index (κ3) is 4.84. The average molecular weight is 702 g/mol. The predicted octanol–water partition coefficient (Wildman–Crippen LogP) is 14.0. The van der Waals surface area contributed by atoms with Crippen LogP contribution in [0.3, 0.4) is 0 Å². The van der Waals surface area contributed by atoms with Crippen molar-refractivity contribution >= 4 is 38.9 Å². The molecule has 0 radical (unpaired) electrons. The fraction of sp³-hybridized carbons (Fsp3) is 0. The third-order valence-corrected chi connectivity index (χ3v) is 11.0. The van der Waals surface area contributed by atoms with Gasteiger partial charge in [0.05, 0.1) is 22.4 Å². The second-order valence-electron chi connectivity index (χ2n) is 14.1. The Kier molecular flexibility index (Phi) is 7.17. The van der Waals surface area contributed by atoms with Crippen LogP contribution in [0.4, 0.5) is 17.1 Å². The van der Waals surface area contributed by atoms with Crippen molar-refractivity contribution in [1.29, 1.82) is 0 Å². The van der Waals surface area contributed by atoms with E-state index in [1.165, 1.54) is 66.6 Å². The molecule has 0 fully saturated rings. The number of anilines is 3. The lowest BCUT2D eigenvalue weighted by Crippen LogP contribution is -2.10. The summed E-state index contributed by atoms with van der Waals surface area (Å²) in [5, 5.41) is 2.44. The van der Waals surface area contributed by atoms with Crippen molar-refractivity contribution < 1.29 is 0 Å². The van der Waals surface area contributed by atoms with Crippen LogP contribution in [0.25, 0.3) is 77.9 Å². The highest BCUT2D eigenvalue weighted by Crippen LogP contribution is 2.55. The van der Waals surface area contributed by atoms with E-state index >= 15 is 0 Å². The van der Waals surface area contributed by atoms with Crippen molar-refractivity contribution in [1.82, 2.24) is 9.13 Å². The molecule has 3 nitrogen and oxygen atoms in total. The molecule has 0 saturated heterocycles. The minimum atomic E-state index is 1.09. The molecule has 0 atom stereocenters. The monoisotopic (exact) mass is 701 g/mol. The Bertz CT molecular complexity index is 2930. The summed E-state index contributed by atoms with van der Waals surface area (Å²) in [4.78, 5) is 2.37. The second-order valence-corrected chi connectivity index (χ2v) is 14.1. The first-order valence-corrected chi connectivity index (χ1v) is 18.9. The quantitative estimate of drug-likeness (QED) is 0.174. The third-order valence-electron chi connectivity index (χ3n) is 11.0. The largest absolute Gasteiger partial charge is 0.310 e. The van der Waals surface area contributed by atoms with Gasteiger partial charge in [0.25, 0.3) is 0 Å². The van der Waals surface area contributed by atoms with Crippen molar-refractivity contribution in [3.63, 3.8) is 0 Å². The van der Waals surface area contributed by atoms with Gasteiger partial charge in [0, 0.05) is 61.5 Å². The van der Waals surface area contributed by atoms with Gasteiger partial charge in [-0.1, -0.05) is 140 Å². The molecule has 3 heteroatoms. The van der Waals surface area contributed by atoms with Gasteiger partial charge in [-0.15, -0.1) is 0 Å². The highest BCUT2D eigenvalue weighted by atomic mass is 15.1. The number of rotatable bonds is 5. The molecule has 0 unspecified atom stereocenters. The molecule has 8 aromatic carbocycles. The van der Waals surface area contributed by atoms with Gasteiger partial charge in [-0.05, 0) is 83.9 Å². The van der Waals surface area contributed by atoms with E-state index in [1.54, 1.807) is 0 Å². The summed E-state index contributed by atoms with van der Waals surface area (Å²) >= 11 is 0. The molecule has 0 N–H and O–H groups in total. The first-order valence-electron chi connectivity index (χ1n) is 18.9. The number of benzene rings is 8. The van der Waals surface area contributed by atoms with Crippen molar-refractivity contribution in [2.24, 2.45) is 0 Å². The van der Waals surface area contributed by atoms with Crippen LogP contribution >= 0.6 is 0 Å². The summed E-state index contributed by atoms with van der Waals surface area (Å²) in [7, 11) is 0. The van der Waals surface area contributed by atoms with Crippen LogP contribution in [0.2, 0.25) is 0 Å². The van der Waals surface area contributed by atoms with Crippen LogP contribution in [0, 0.1) is 0 Å². The van der Waals surface area contributed by atoms with Crippen LogP contribution in [0.5, 0.6) is 0 Å². The van der Waals surface area contributed by atoms with Crippen LogP contribution in [0.15, 0.2) is 212 Å². The number of aromatic nitrogens is 2. The van der Waals surface area contributed by atoms with E-state index in [0.717, 1.165) is 28.4 Å². The van der Waals surface area contributed by atoms with E-state index in [4.69, 9.17) is 0 Å². The predicted molar refractivity (Wildman–Crippen MR) is 230 cm³/mol. The molecule has 258 valence electrons. The maximum atomic E-state index is 2.48. The number of hydrogen-bond donors (Lipinski definition) is 0. The van der Waals surface area contributed by atoms with Crippen LogP contribution < -0.4 is 4.90 Å². The minimum Gasteiger partial charge on any atom is -0.310 e. The minimum absolute atomic E-state index is 1.09. The SMILES string of the molecule is c1ccc(N(c2ccccc2)c2ccc3c(c2)-c2c(n(-c4ccccc4)c4ccccc24)-c2ccccc2-c2c-3n(-c3ccccc3)c3ccccc23)cc1. The van der Waals surface area contributed by atoms with E-state index in [1.807, 2.05) is 0 Å². The molecule has 1 aliphatic rings. The lowest BCUT2D eigenvalue weighted by Gasteiger charge is -2.28. The normalized spacial score (nSPS) is 11.6. The van der Waals surface area contributed by atoms with E-state index in [9.17, 15) is 0 Å². The van der Waals surface area contributed by atoms with Gasteiger partial charge in [0.15, 0.2) is 0 Å². The molecule has 0 aliphatic heterocycles. The van der Waals surface area contributed by atoms with Crippen molar-refractivity contribution in [3.8, 4) is 56.1 Å². The Morgan fingerprint density at radius 1 is 0.291 bits per heavy atom. The summed E-state index contributed by atoms with van der Waals surface area (Å²) in [6.45, 7) is 0. The standard InChI is InChI=1S/C52H35N3/c1-5-19-36(20-6-1)53(37-21-7-2-8-22-37)40-33-34-43-46(35-40)50-45-30-16-18-32-48(45)54(38-23-9-3-10-24-38)51(50)42-28-14-13-27-41(42)49-44-29-15-17-31-47(44)55(52(43)49)39-25-11-4-12-26-39/h1-35H. The molecule has 55 heavy (non-hydrogen) atoms. The topological polar surface area (TPSA) is 13.1 Å². The zero-order valence-corrected chi connectivity index (χ0v) is 30.0. The Morgan fingerprint density at radius 3 is 1.22 bits per heavy atom. The van der Waals surface area contributed by atoms with E-state index in [0.29, 0.717) is 0 Å². The van der Waals surface area contributed by atoms with Gasteiger partial charge in [0.1, 0.15) is 0 Å². The van der Waals surface area contributed by atoms with E-state index in [2.05, 4.69) is 226 Å². The molecule has 10 aromatic rings. The van der Waals surface area contributed by atoms with Crippen LogP contribution in [-0.4, -0.2) is 9.13 Å². The summed E-state index contributed by atoms with van der Waals surface area (Å²) in [5.74, 6) is 0. The summed E-state index contributed by atoms with van der Waals surface area (Å²) in [5.41, 5.74) is 17.6. The van der Waals surface area contributed by atoms with E-state index < -0.39 is 0 Å². The fourth-order valence-electron chi connectivity index (χ4n) is 8.82. The molecular weight excluding hydrogens is 667 g/mol. The number of para-hydroxylation sites is 6. The Hall–Kier alpha value is -7.36. The second kappa shape index (κ2) is 12.6. The Labute approximate surface area is 320 Å². The zero-order valence-electron chi connectivity index (χ0n) is 30.0. The van der Waals surface area contributed by atoms with Gasteiger partial charge < -0.3 is 14.0 Å². The number of fused-ring (bicyclic) bond motifs is 12. The van der Waals surface area contributed by atoms with Gasteiger partial charge in [0.2, 0.25) is 0 Å². The van der Waals surface area contributed by atoms with Crippen LogP contribution in [0.1, 0.15) is 0 Å². The smallest absolute Gasteiger partial charge is 0.0625 e. The highest BCUT2D eigenvalue weighted by molar-refractivity contribution is 6.17. The van der Waals surface area contributed by atoms with Crippen LogP contribution in [-0.2, 0) is 0 Å². The molecule has 0 saturated carbocycles. The Balaban J connectivity index is 1.35. The first-order chi connectivity index (χ1) is 27.3. The average Bonchev–Trinajstić information content (AvgIpc) is 3.78. The number of hydrogen-bond acceptors (Lipinski definition) is 1. The molecule has 11 rings (SSSR count). The number of nitrogens with zero attached hydrogens (tertiary/aromatic N) is 3. The van der Waals surface area contributed by atoms with Crippen molar-refractivity contribution in [2.45, 2.75) is 0 Å². The summed E-state index contributed by atoms with van der Waals surface area (Å²) < 4.78 is 4.96. The summed E-state index contributed by atoms with van der Waals surface area (Å²) in [6.07, 6.45) is 0. The maximum absolute atomic E-state index is 2.48. The molecule has 0 spiro atoms. The van der Waals surface area contributed by atoms with Gasteiger partial charge in [-0.3, -0.25) is 0 Å². The Morgan fingerprint density at radius 2 is 0.691 bits per heavy atom. The maximum Gasteiger partial charge on any atom is 0.0625 e. The summed E-state index contributed by atoms with van der Waals surface area (Å²) in [6, 6.07) is 77.0. The van der Waals surface area contributed by atoms with Crippen molar-refractivity contribution in [3.05, 3.63) is 212 Å². The zero-order chi connectivity index (χ0) is 36.3.